The lowest BCUT2D eigenvalue weighted by molar-refractivity contribution is 0.0931. The monoisotopic (exact) mass is 233 g/mol. The normalized spacial score (nSPS) is 15.2. The number of Topliss-reactive ketones (excluding diaryl/α,β-unsaturated/α-hetero) is 1. The molecule has 0 bridgehead atoms. The van der Waals surface area contributed by atoms with Crippen LogP contribution in [0.4, 0.5) is 0 Å². The lowest BCUT2D eigenvalue weighted by Crippen LogP contribution is -2.31. The molecule has 0 heterocycles. The van der Waals surface area contributed by atoms with Crippen LogP contribution in [0.2, 0.25) is 0 Å². The van der Waals surface area contributed by atoms with Gasteiger partial charge in [-0.25, -0.2) is 0 Å². The third kappa shape index (κ3) is 3.56. The minimum Gasteiger partial charge on any atom is -0.508 e. The zero-order valence-corrected chi connectivity index (χ0v) is 10.2. The van der Waals surface area contributed by atoms with Gasteiger partial charge in [-0.1, -0.05) is 6.92 Å². The van der Waals surface area contributed by atoms with Gasteiger partial charge >= 0.3 is 0 Å². The van der Waals surface area contributed by atoms with Crippen molar-refractivity contribution in [3.05, 3.63) is 29.8 Å². The average Bonchev–Trinajstić information content (AvgIpc) is 3.13. The van der Waals surface area contributed by atoms with Crippen LogP contribution < -0.4 is 0 Å². The van der Waals surface area contributed by atoms with Gasteiger partial charge in [-0.2, -0.15) is 0 Å². The summed E-state index contributed by atoms with van der Waals surface area (Å²) < 4.78 is 0. The van der Waals surface area contributed by atoms with E-state index in [-0.39, 0.29) is 11.5 Å². The van der Waals surface area contributed by atoms with Gasteiger partial charge < -0.3 is 5.11 Å². The van der Waals surface area contributed by atoms with Crippen LogP contribution in [0.5, 0.6) is 5.75 Å². The van der Waals surface area contributed by atoms with Gasteiger partial charge in [-0.3, -0.25) is 9.69 Å². The summed E-state index contributed by atoms with van der Waals surface area (Å²) in [5.74, 6) is 1.14. The van der Waals surface area contributed by atoms with Gasteiger partial charge in [0.15, 0.2) is 5.78 Å². The summed E-state index contributed by atoms with van der Waals surface area (Å²) >= 11 is 0. The number of likely N-dealkylation sites (N-methyl/N-ethyl adjacent to an activating group) is 1. The van der Waals surface area contributed by atoms with E-state index in [2.05, 4.69) is 11.8 Å². The predicted molar refractivity (Wildman–Crippen MR) is 67.3 cm³/mol. The zero-order valence-electron chi connectivity index (χ0n) is 10.2. The fourth-order valence-electron chi connectivity index (χ4n) is 1.91. The zero-order chi connectivity index (χ0) is 12.3. The third-order valence-electron chi connectivity index (χ3n) is 3.22. The maximum Gasteiger partial charge on any atom is 0.176 e. The largest absolute Gasteiger partial charge is 0.508 e. The molecule has 1 aromatic rings. The molecular weight excluding hydrogens is 214 g/mol. The highest BCUT2D eigenvalue weighted by Crippen LogP contribution is 2.29. The number of ketones is 1. The Morgan fingerprint density at radius 1 is 1.35 bits per heavy atom. The summed E-state index contributed by atoms with van der Waals surface area (Å²) in [5.41, 5.74) is 0.678. The molecule has 0 saturated heterocycles. The molecule has 1 aliphatic rings. The maximum absolute atomic E-state index is 12.0. The lowest BCUT2D eigenvalue weighted by Gasteiger charge is -2.19. The summed E-state index contributed by atoms with van der Waals surface area (Å²) in [4.78, 5) is 14.2. The summed E-state index contributed by atoms with van der Waals surface area (Å²) in [6.07, 6.45) is 2.62. The van der Waals surface area contributed by atoms with Crippen molar-refractivity contribution in [3.8, 4) is 5.75 Å². The van der Waals surface area contributed by atoms with Gasteiger partial charge in [0, 0.05) is 12.1 Å². The maximum atomic E-state index is 12.0. The molecule has 0 amide bonds. The Morgan fingerprint density at radius 3 is 2.53 bits per heavy atom. The van der Waals surface area contributed by atoms with Crippen LogP contribution in [-0.4, -0.2) is 35.4 Å². The fourth-order valence-corrected chi connectivity index (χ4v) is 1.91. The van der Waals surface area contributed by atoms with E-state index in [0.717, 1.165) is 19.0 Å². The van der Waals surface area contributed by atoms with Crippen molar-refractivity contribution in [3.63, 3.8) is 0 Å². The first kappa shape index (κ1) is 12.1. The van der Waals surface area contributed by atoms with E-state index >= 15 is 0 Å². The van der Waals surface area contributed by atoms with Gasteiger partial charge in [0.25, 0.3) is 0 Å². The van der Waals surface area contributed by atoms with E-state index in [1.54, 1.807) is 24.3 Å². The van der Waals surface area contributed by atoms with Crippen LogP contribution >= 0.6 is 0 Å². The van der Waals surface area contributed by atoms with E-state index in [1.165, 1.54) is 12.8 Å². The molecule has 17 heavy (non-hydrogen) atoms. The first-order valence-electron chi connectivity index (χ1n) is 6.23. The Balaban J connectivity index is 1.92. The molecule has 0 aromatic heterocycles. The first-order chi connectivity index (χ1) is 8.19. The molecule has 0 unspecified atom stereocenters. The highest BCUT2D eigenvalue weighted by Gasteiger charge is 2.24. The van der Waals surface area contributed by atoms with Crippen molar-refractivity contribution in [2.45, 2.75) is 19.8 Å². The number of phenolic OH excluding ortho intramolecular Hbond substituents is 1. The van der Waals surface area contributed by atoms with E-state index in [9.17, 15) is 9.90 Å². The van der Waals surface area contributed by atoms with Crippen molar-refractivity contribution >= 4 is 5.78 Å². The minimum absolute atomic E-state index is 0.132. The molecule has 1 aromatic carbocycles. The van der Waals surface area contributed by atoms with E-state index in [0.29, 0.717) is 12.1 Å². The predicted octanol–water partition coefficient (Wildman–Crippen LogP) is 2.31. The number of nitrogens with zero attached hydrogens (tertiary/aromatic N) is 1. The van der Waals surface area contributed by atoms with Crippen molar-refractivity contribution < 1.29 is 9.90 Å². The molecule has 0 radical (unpaired) electrons. The molecule has 3 heteroatoms. The van der Waals surface area contributed by atoms with Crippen LogP contribution in [0.25, 0.3) is 0 Å². The topological polar surface area (TPSA) is 40.5 Å². The standard InChI is InChI=1S/C14H19NO2/c1-2-15(9-11-3-4-11)10-14(17)12-5-7-13(16)8-6-12/h5-8,11,16H,2-4,9-10H2,1H3. The molecule has 3 nitrogen and oxygen atoms in total. The second kappa shape index (κ2) is 5.32. The summed E-state index contributed by atoms with van der Waals surface area (Å²) in [5, 5.41) is 9.17. The smallest absolute Gasteiger partial charge is 0.176 e. The number of hydrogen-bond donors (Lipinski definition) is 1. The lowest BCUT2D eigenvalue weighted by atomic mass is 10.1. The summed E-state index contributed by atoms with van der Waals surface area (Å²) in [7, 11) is 0. The van der Waals surface area contributed by atoms with Crippen LogP contribution in [0.1, 0.15) is 30.1 Å². The van der Waals surface area contributed by atoms with Crippen molar-refractivity contribution in [2.75, 3.05) is 19.6 Å². The van der Waals surface area contributed by atoms with Gasteiger partial charge in [0.2, 0.25) is 0 Å². The van der Waals surface area contributed by atoms with E-state index in [1.807, 2.05) is 0 Å². The number of hydrogen-bond acceptors (Lipinski definition) is 3. The van der Waals surface area contributed by atoms with Crippen LogP contribution in [-0.2, 0) is 0 Å². The minimum atomic E-state index is 0.132. The molecule has 1 aliphatic carbocycles. The quantitative estimate of drug-likeness (QED) is 0.766. The molecule has 1 fully saturated rings. The molecule has 2 rings (SSSR count). The number of phenols is 1. The van der Waals surface area contributed by atoms with Gasteiger partial charge in [-0.05, 0) is 49.6 Å². The number of carbonyl (C=O) groups excluding carboxylic acids is 1. The number of rotatable bonds is 6. The third-order valence-corrected chi connectivity index (χ3v) is 3.22. The van der Waals surface area contributed by atoms with E-state index < -0.39 is 0 Å². The van der Waals surface area contributed by atoms with Crippen LogP contribution in [0, 0.1) is 5.92 Å². The highest BCUT2D eigenvalue weighted by atomic mass is 16.3. The molecule has 1 saturated carbocycles. The fraction of sp³-hybridized carbons (Fsp3) is 0.500. The van der Waals surface area contributed by atoms with Crippen LogP contribution in [0.3, 0.4) is 0 Å². The highest BCUT2D eigenvalue weighted by molar-refractivity contribution is 5.97. The number of carbonyl (C=O) groups is 1. The molecule has 1 N–H and O–H groups in total. The van der Waals surface area contributed by atoms with Crippen molar-refractivity contribution in [1.82, 2.24) is 4.90 Å². The van der Waals surface area contributed by atoms with Gasteiger partial charge in [-0.15, -0.1) is 0 Å². The van der Waals surface area contributed by atoms with Gasteiger partial charge in [0.05, 0.1) is 6.54 Å². The van der Waals surface area contributed by atoms with Crippen molar-refractivity contribution in [2.24, 2.45) is 5.92 Å². The molecule has 0 aliphatic heterocycles. The summed E-state index contributed by atoms with van der Waals surface area (Å²) in [6.45, 7) is 4.53. The second-order valence-corrected chi connectivity index (χ2v) is 4.74. The van der Waals surface area contributed by atoms with Crippen LogP contribution in [0.15, 0.2) is 24.3 Å². The Hall–Kier alpha value is -1.35. The number of benzene rings is 1. The van der Waals surface area contributed by atoms with Crippen molar-refractivity contribution in [1.29, 1.82) is 0 Å². The molecule has 92 valence electrons. The Morgan fingerprint density at radius 2 is 2.00 bits per heavy atom. The SMILES string of the molecule is CCN(CC(=O)c1ccc(O)cc1)CC1CC1. The van der Waals surface area contributed by atoms with Gasteiger partial charge in [0.1, 0.15) is 5.75 Å². The first-order valence-corrected chi connectivity index (χ1v) is 6.23. The Bertz CT molecular complexity index is 382. The molecule has 0 spiro atoms. The number of aromatic hydroxyl groups is 1. The molecular formula is C14H19NO2. The summed E-state index contributed by atoms with van der Waals surface area (Å²) in [6, 6.07) is 6.49. The van der Waals surface area contributed by atoms with E-state index in [4.69, 9.17) is 0 Å². The average molecular weight is 233 g/mol. The molecule has 0 atom stereocenters. The second-order valence-electron chi connectivity index (χ2n) is 4.74. The Kier molecular flexibility index (Phi) is 3.79. The Labute approximate surface area is 102 Å².